The molecule has 0 aromatic heterocycles. The summed E-state index contributed by atoms with van der Waals surface area (Å²) in [5.74, 6) is -0.276. The fourth-order valence-electron chi connectivity index (χ4n) is 4.34. The van der Waals surface area contributed by atoms with Gasteiger partial charge in [-0.1, -0.05) is 55.8 Å². The molecular formula is C29H31FN2O4. The van der Waals surface area contributed by atoms with Gasteiger partial charge in [-0.25, -0.2) is 14.0 Å². The SMILES string of the molecule is CCCCC1=C(C(=O)OC(C)C)C(c2c(OCc3ccc(F)cc3)ccc3ccccc23)NC(=O)N1. The summed E-state index contributed by atoms with van der Waals surface area (Å²) in [6.45, 7) is 5.84. The van der Waals surface area contributed by atoms with Crippen LogP contribution >= 0.6 is 0 Å². The lowest BCUT2D eigenvalue weighted by molar-refractivity contribution is -0.143. The second-order valence-corrected chi connectivity index (χ2v) is 9.09. The molecule has 6 nitrogen and oxygen atoms in total. The van der Waals surface area contributed by atoms with Crippen molar-refractivity contribution in [3.63, 3.8) is 0 Å². The molecular weight excluding hydrogens is 459 g/mol. The highest BCUT2D eigenvalue weighted by Gasteiger charge is 2.36. The van der Waals surface area contributed by atoms with E-state index < -0.39 is 12.0 Å². The van der Waals surface area contributed by atoms with Crippen LogP contribution in [0.15, 0.2) is 71.9 Å². The first kappa shape index (κ1) is 25.2. The lowest BCUT2D eigenvalue weighted by Crippen LogP contribution is -2.46. The van der Waals surface area contributed by atoms with Crippen LogP contribution in [0.5, 0.6) is 5.75 Å². The van der Waals surface area contributed by atoms with Crippen LogP contribution in [0.3, 0.4) is 0 Å². The van der Waals surface area contributed by atoms with E-state index in [1.807, 2.05) is 36.4 Å². The van der Waals surface area contributed by atoms with E-state index >= 15 is 0 Å². The summed E-state index contributed by atoms with van der Waals surface area (Å²) in [6, 6.07) is 16.5. The molecule has 1 aliphatic rings. The van der Waals surface area contributed by atoms with Crippen LogP contribution in [0, 0.1) is 5.82 Å². The predicted octanol–water partition coefficient (Wildman–Crippen LogP) is 6.31. The average Bonchev–Trinajstić information content (AvgIpc) is 2.85. The van der Waals surface area contributed by atoms with Crippen LogP contribution in [0.1, 0.15) is 57.2 Å². The number of nitrogens with one attached hydrogen (secondary N) is 2. The first-order valence-electron chi connectivity index (χ1n) is 12.3. The minimum atomic E-state index is -0.772. The van der Waals surface area contributed by atoms with Gasteiger partial charge in [-0.3, -0.25) is 0 Å². The van der Waals surface area contributed by atoms with E-state index in [1.165, 1.54) is 12.1 Å². The van der Waals surface area contributed by atoms with E-state index in [9.17, 15) is 14.0 Å². The zero-order chi connectivity index (χ0) is 25.7. The summed E-state index contributed by atoms with van der Waals surface area (Å²) in [5, 5.41) is 7.58. The number of carbonyl (C=O) groups is 2. The molecule has 4 rings (SSSR count). The lowest BCUT2D eigenvalue weighted by atomic mass is 9.89. The molecule has 0 radical (unpaired) electrons. The van der Waals surface area contributed by atoms with E-state index in [1.54, 1.807) is 26.0 Å². The fourth-order valence-corrected chi connectivity index (χ4v) is 4.34. The van der Waals surface area contributed by atoms with Gasteiger partial charge in [0.15, 0.2) is 0 Å². The molecule has 0 bridgehead atoms. The highest BCUT2D eigenvalue weighted by molar-refractivity contribution is 5.98. The number of halogens is 1. The molecule has 3 aromatic rings. The third kappa shape index (κ3) is 5.67. The topological polar surface area (TPSA) is 76.7 Å². The number of carbonyl (C=O) groups excluding carboxylic acids is 2. The van der Waals surface area contributed by atoms with Crippen molar-refractivity contribution < 1.29 is 23.5 Å². The maximum Gasteiger partial charge on any atom is 0.338 e. The first-order chi connectivity index (χ1) is 17.4. The summed E-state index contributed by atoms with van der Waals surface area (Å²) in [4.78, 5) is 26.2. The first-order valence-corrected chi connectivity index (χ1v) is 12.3. The zero-order valence-corrected chi connectivity index (χ0v) is 20.8. The molecule has 3 aromatic carbocycles. The number of fused-ring (bicyclic) bond motifs is 1. The van der Waals surface area contributed by atoms with Crippen LogP contribution in [-0.4, -0.2) is 18.1 Å². The van der Waals surface area contributed by atoms with Gasteiger partial charge in [0.1, 0.15) is 18.2 Å². The van der Waals surface area contributed by atoms with Crippen molar-refractivity contribution in [1.29, 1.82) is 0 Å². The summed E-state index contributed by atoms with van der Waals surface area (Å²) in [7, 11) is 0. The molecule has 0 aliphatic carbocycles. The third-order valence-electron chi connectivity index (χ3n) is 6.02. The van der Waals surface area contributed by atoms with Crippen LogP contribution < -0.4 is 15.4 Å². The Balaban J connectivity index is 1.84. The predicted molar refractivity (Wildman–Crippen MR) is 137 cm³/mol. The van der Waals surface area contributed by atoms with Gasteiger partial charge in [0.2, 0.25) is 0 Å². The van der Waals surface area contributed by atoms with Crippen molar-refractivity contribution in [1.82, 2.24) is 10.6 Å². The van der Waals surface area contributed by atoms with Crippen molar-refractivity contribution in [3.05, 3.63) is 88.9 Å². The van der Waals surface area contributed by atoms with Crippen molar-refractivity contribution >= 4 is 22.8 Å². The van der Waals surface area contributed by atoms with Crippen LogP contribution in [-0.2, 0) is 16.1 Å². The Kier molecular flexibility index (Phi) is 7.88. The monoisotopic (exact) mass is 490 g/mol. The number of benzene rings is 3. The molecule has 0 fully saturated rings. The zero-order valence-electron chi connectivity index (χ0n) is 20.8. The molecule has 188 valence electrons. The van der Waals surface area contributed by atoms with Crippen molar-refractivity contribution in [3.8, 4) is 5.75 Å². The smallest absolute Gasteiger partial charge is 0.338 e. The van der Waals surface area contributed by atoms with Crippen molar-refractivity contribution in [2.75, 3.05) is 0 Å². The molecule has 2 amide bonds. The Morgan fingerprint density at radius 3 is 2.53 bits per heavy atom. The van der Waals surface area contributed by atoms with Gasteiger partial charge >= 0.3 is 12.0 Å². The van der Waals surface area contributed by atoms with Crippen molar-refractivity contribution in [2.24, 2.45) is 0 Å². The standard InChI is InChI=1S/C29H31FN2O4/c1-4-5-10-23-26(28(33)36-18(2)3)27(32-29(34)31-23)25-22-9-7-6-8-20(22)13-16-24(25)35-17-19-11-14-21(30)15-12-19/h6-9,11-16,18,27H,4-5,10,17H2,1-3H3,(H2,31,32,34). The second kappa shape index (κ2) is 11.2. The van der Waals surface area contributed by atoms with Crippen LogP contribution in [0.4, 0.5) is 9.18 Å². The van der Waals surface area contributed by atoms with Gasteiger partial charge in [-0.15, -0.1) is 0 Å². The maximum atomic E-state index is 13.4. The van der Waals surface area contributed by atoms with Gasteiger partial charge in [0.05, 0.1) is 17.7 Å². The largest absolute Gasteiger partial charge is 0.489 e. The van der Waals surface area contributed by atoms with Gasteiger partial charge < -0.3 is 20.1 Å². The molecule has 0 saturated heterocycles. The van der Waals surface area contributed by atoms with Crippen LogP contribution in [0.25, 0.3) is 10.8 Å². The van der Waals surface area contributed by atoms with E-state index in [-0.39, 0.29) is 24.6 Å². The summed E-state index contributed by atoms with van der Waals surface area (Å²) in [6.07, 6.45) is 1.94. The Morgan fingerprint density at radius 2 is 1.81 bits per heavy atom. The average molecular weight is 491 g/mol. The fraction of sp³-hybridized carbons (Fsp3) is 0.310. The normalized spacial score (nSPS) is 15.6. The van der Waals surface area contributed by atoms with Gasteiger partial charge in [0, 0.05) is 11.3 Å². The van der Waals surface area contributed by atoms with E-state index in [0.29, 0.717) is 29.0 Å². The molecule has 2 N–H and O–H groups in total. The number of amides is 2. The van der Waals surface area contributed by atoms with Crippen LogP contribution in [0.2, 0.25) is 0 Å². The number of allylic oxidation sites excluding steroid dienone is 1. The number of unbranched alkanes of at least 4 members (excludes halogenated alkanes) is 1. The number of urea groups is 1. The Hall–Kier alpha value is -3.87. The quantitative estimate of drug-likeness (QED) is 0.345. The van der Waals surface area contributed by atoms with E-state index in [2.05, 4.69) is 17.6 Å². The van der Waals surface area contributed by atoms with Gasteiger partial charge in [-0.2, -0.15) is 0 Å². The van der Waals surface area contributed by atoms with Gasteiger partial charge in [-0.05, 0) is 61.2 Å². The summed E-state index contributed by atoms with van der Waals surface area (Å²) >= 11 is 0. The second-order valence-electron chi connectivity index (χ2n) is 9.09. The summed E-state index contributed by atoms with van der Waals surface area (Å²) in [5.41, 5.74) is 2.41. The lowest BCUT2D eigenvalue weighted by Gasteiger charge is -2.31. The highest BCUT2D eigenvalue weighted by atomic mass is 19.1. The van der Waals surface area contributed by atoms with Gasteiger partial charge in [0.25, 0.3) is 0 Å². The molecule has 0 spiro atoms. The Morgan fingerprint density at radius 1 is 1.06 bits per heavy atom. The maximum absolute atomic E-state index is 13.4. The Bertz CT molecular complexity index is 1280. The highest BCUT2D eigenvalue weighted by Crippen LogP contribution is 2.40. The number of ether oxygens (including phenoxy) is 2. The summed E-state index contributed by atoms with van der Waals surface area (Å²) < 4.78 is 25.2. The number of rotatable bonds is 9. The van der Waals surface area contributed by atoms with E-state index in [0.717, 1.165) is 29.2 Å². The van der Waals surface area contributed by atoms with Crippen molar-refractivity contribution in [2.45, 2.75) is 58.8 Å². The molecule has 1 aliphatic heterocycles. The molecule has 7 heteroatoms. The molecule has 1 unspecified atom stereocenters. The molecule has 1 atom stereocenters. The number of esters is 1. The number of hydrogen-bond acceptors (Lipinski definition) is 4. The Labute approximate surface area is 210 Å². The third-order valence-corrected chi connectivity index (χ3v) is 6.02. The minimum Gasteiger partial charge on any atom is -0.489 e. The molecule has 36 heavy (non-hydrogen) atoms. The molecule has 1 heterocycles. The minimum absolute atomic E-state index is 0.197. The van der Waals surface area contributed by atoms with E-state index in [4.69, 9.17) is 9.47 Å². The molecule has 0 saturated carbocycles. The number of hydrogen-bond donors (Lipinski definition) is 2.